The fourth-order valence-corrected chi connectivity index (χ4v) is 1.92. The molecule has 21 heavy (non-hydrogen) atoms. The SMILES string of the molecule is Cn1cnc(CCNC(=O)c2ccccc2C(F)(F)F)c1. The van der Waals surface area contributed by atoms with E-state index in [9.17, 15) is 18.0 Å². The van der Waals surface area contributed by atoms with Gasteiger partial charge in [0, 0.05) is 26.2 Å². The molecule has 0 saturated carbocycles. The lowest BCUT2D eigenvalue weighted by Crippen LogP contribution is -2.28. The Bertz CT molecular complexity index is 634. The van der Waals surface area contributed by atoms with Gasteiger partial charge in [-0.25, -0.2) is 4.98 Å². The van der Waals surface area contributed by atoms with E-state index >= 15 is 0 Å². The fraction of sp³-hybridized carbons (Fsp3) is 0.286. The Balaban J connectivity index is 2.01. The summed E-state index contributed by atoms with van der Waals surface area (Å²) in [6.07, 6.45) is -0.679. The number of carbonyl (C=O) groups is 1. The lowest BCUT2D eigenvalue weighted by molar-refractivity contribution is -0.137. The van der Waals surface area contributed by atoms with E-state index in [1.54, 1.807) is 17.1 Å². The van der Waals surface area contributed by atoms with E-state index in [2.05, 4.69) is 10.3 Å². The number of imidazole rings is 1. The van der Waals surface area contributed by atoms with Gasteiger partial charge in [0.15, 0.2) is 0 Å². The molecule has 1 aromatic carbocycles. The van der Waals surface area contributed by atoms with E-state index in [-0.39, 0.29) is 12.1 Å². The van der Waals surface area contributed by atoms with E-state index in [0.29, 0.717) is 6.42 Å². The molecule has 0 aliphatic rings. The first-order chi connectivity index (χ1) is 9.88. The maximum absolute atomic E-state index is 12.8. The highest BCUT2D eigenvalue weighted by Crippen LogP contribution is 2.31. The van der Waals surface area contributed by atoms with Gasteiger partial charge in [0.05, 0.1) is 23.1 Å². The third kappa shape index (κ3) is 3.84. The molecular formula is C14H14F3N3O. The number of alkyl halides is 3. The smallest absolute Gasteiger partial charge is 0.352 e. The Morgan fingerprint density at radius 3 is 2.67 bits per heavy atom. The first kappa shape index (κ1) is 15.1. The molecule has 0 unspecified atom stereocenters. The molecular weight excluding hydrogens is 283 g/mol. The monoisotopic (exact) mass is 297 g/mol. The van der Waals surface area contributed by atoms with Crippen molar-refractivity contribution in [1.82, 2.24) is 14.9 Å². The minimum Gasteiger partial charge on any atom is -0.352 e. The van der Waals surface area contributed by atoms with Gasteiger partial charge in [-0.3, -0.25) is 4.79 Å². The molecule has 0 bridgehead atoms. The van der Waals surface area contributed by atoms with Crippen LogP contribution in [0, 0.1) is 0 Å². The van der Waals surface area contributed by atoms with Gasteiger partial charge in [0.25, 0.3) is 5.91 Å². The summed E-state index contributed by atoms with van der Waals surface area (Å²) in [7, 11) is 1.81. The maximum atomic E-state index is 12.8. The van der Waals surface area contributed by atoms with Crippen LogP contribution in [0.1, 0.15) is 21.6 Å². The summed E-state index contributed by atoms with van der Waals surface area (Å²) in [5, 5.41) is 2.48. The predicted octanol–water partition coefficient (Wildman–Crippen LogP) is 2.41. The molecule has 1 amide bonds. The molecule has 4 nitrogen and oxygen atoms in total. The number of benzene rings is 1. The summed E-state index contributed by atoms with van der Waals surface area (Å²) in [6, 6.07) is 4.73. The zero-order valence-corrected chi connectivity index (χ0v) is 11.3. The highest BCUT2D eigenvalue weighted by molar-refractivity contribution is 5.95. The number of aromatic nitrogens is 2. The molecule has 0 atom stereocenters. The summed E-state index contributed by atoms with van der Waals surface area (Å²) in [4.78, 5) is 15.9. The van der Waals surface area contributed by atoms with E-state index in [1.165, 1.54) is 18.2 Å². The van der Waals surface area contributed by atoms with Crippen LogP contribution >= 0.6 is 0 Å². The number of aryl methyl sites for hydroxylation is 1. The molecule has 112 valence electrons. The molecule has 2 aromatic rings. The number of hydrogen-bond acceptors (Lipinski definition) is 2. The van der Waals surface area contributed by atoms with Crippen molar-refractivity contribution in [2.75, 3.05) is 6.54 Å². The molecule has 0 aliphatic carbocycles. The van der Waals surface area contributed by atoms with Crippen LogP contribution in [0.5, 0.6) is 0 Å². The average molecular weight is 297 g/mol. The second-order valence-corrected chi connectivity index (χ2v) is 4.58. The number of amides is 1. The molecule has 2 rings (SSSR count). The molecule has 7 heteroatoms. The largest absolute Gasteiger partial charge is 0.417 e. The number of rotatable bonds is 4. The molecule has 0 saturated heterocycles. The Morgan fingerprint density at radius 1 is 1.33 bits per heavy atom. The summed E-state index contributed by atoms with van der Waals surface area (Å²) in [6.45, 7) is 0.224. The molecule has 0 fully saturated rings. The normalized spacial score (nSPS) is 11.4. The van der Waals surface area contributed by atoms with Crippen LogP contribution in [-0.2, 0) is 19.6 Å². The average Bonchev–Trinajstić information content (AvgIpc) is 2.83. The molecule has 0 spiro atoms. The van der Waals surface area contributed by atoms with Gasteiger partial charge in [-0.2, -0.15) is 13.2 Å². The van der Waals surface area contributed by atoms with Crippen molar-refractivity contribution in [1.29, 1.82) is 0 Å². The fourth-order valence-electron chi connectivity index (χ4n) is 1.92. The number of carbonyl (C=O) groups excluding carboxylic acids is 1. The van der Waals surface area contributed by atoms with E-state index in [4.69, 9.17) is 0 Å². The molecule has 1 heterocycles. The quantitative estimate of drug-likeness (QED) is 0.942. The topological polar surface area (TPSA) is 46.9 Å². The lowest BCUT2D eigenvalue weighted by Gasteiger charge is -2.12. The summed E-state index contributed by atoms with van der Waals surface area (Å²) < 4.78 is 40.2. The predicted molar refractivity (Wildman–Crippen MR) is 70.7 cm³/mol. The maximum Gasteiger partial charge on any atom is 0.417 e. The first-order valence-corrected chi connectivity index (χ1v) is 6.29. The second-order valence-electron chi connectivity index (χ2n) is 4.58. The number of halogens is 3. The highest BCUT2D eigenvalue weighted by atomic mass is 19.4. The van der Waals surface area contributed by atoms with Gasteiger partial charge >= 0.3 is 6.18 Å². The zero-order chi connectivity index (χ0) is 15.5. The van der Waals surface area contributed by atoms with E-state index in [1.807, 2.05) is 7.05 Å². The van der Waals surface area contributed by atoms with E-state index in [0.717, 1.165) is 11.8 Å². The summed E-state index contributed by atoms with van der Waals surface area (Å²) in [5.74, 6) is -0.737. The van der Waals surface area contributed by atoms with Crippen molar-refractivity contribution in [2.24, 2.45) is 7.05 Å². The third-order valence-electron chi connectivity index (χ3n) is 2.90. The van der Waals surface area contributed by atoms with Gasteiger partial charge in [-0.1, -0.05) is 12.1 Å². The minimum atomic E-state index is -4.55. The van der Waals surface area contributed by atoms with Crippen LogP contribution in [0.2, 0.25) is 0 Å². The van der Waals surface area contributed by atoms with Crippen LogP contribution in [0.4, 0.5) is 13.2 Å². The van der Waals surface area contributed by atoms with Gasteiger partial charge in [0.2, 0.25) is 0 Å². The number of nitrogens with zero attached hydrogens (tertiary/aromatic N) is 2. The van der Waals surface area contributed by atoms with Crippen molar-refractivity contribution in [2.45, 2.75) is 12.6 Å². The molecule has 0 radical (unpaired) electrons. The Morgan fingerprint density at radius 2 is 2.05 bits per heavy atom. The van der Waals surface area contributed by atoms with Crippen LogP contribution < -0.4 is 5.32 Å². The molecule has 1 N–H and O–H groups in total. The Labute approximate surface area is 119 Å². The lowest BCUT2D eigenvalue weighted by atomic mass is 10.1. The summed E-state index contributed by atoms with van der Waals surface area (Å²) >= 11 is 0. The van der Waals surface area contributed by atoms with Crippen LogP contribution in [-0.4, -0.2) is 22.0 Å². The summed E-state index contributed by atoms with van der Waals surface area (Å²) in [5.41, 5.74) is -0.534. The van der Waals surface area contributed by atoms with Crippen molar-refractivity contribution in [3.05, 3.63) is 53.6 Å². The standard InChI is InChI=1S/C14H14F3N3O/c1-20-8-10(19-9-20)6-7-18-13(21)11-4-2-3-5-12(11)14(15,16)17/h2-5,8-9H,6-7H2,1H3,(H,18,21). The van der Waals surface area contributed by atoms with E-state index < -0.39 is 17.6 Å². The third-order valence-corrected chi connectivity index (χ3v) is 2.90. The number of nitrogens with one attached hydrogen (secondary N) is 1. The Kier molecular flexibility index (Phi) is 4.30. The Hall–Kier alpha value is -2.31. The second kappa shape index (κ2) is 5.99. The van der Waals surface area contributed by atoms with Crippen molar-refractivity contribution < 1.29 is 18.0 Å². The molecule has 0 aliphatic heterocycles. The minimum absolute atomic E-state index is 0.224. The highest BCUT2D eigenvalue weighted by Gasteiger charge is 2.34. The number of hydrogen-bond donors (Lipinski definition) is 1. The van der Waals surface area contributed by atoms with Crippen LogP contribution in [0.3, 0.4) is 0 Å². The van der Waals surface area contributed by atoms with Gasteiger partial charge in [0.1, 0.15) is 0 Å². The first-order valence-electron chi connectivity index (χ1n) is 6.29. The van der Waals surface area contributed by atoms with Gasteiger partial charge < -0.3 is 9.88 Å². The van der Waals surface area contributed by atoms with Gasteiger partial charge in [-0.15, -0.1) is 0 Å². The zero-order valence-electron chi connectivity index (χ0n) is 11.3. The molecule has 1 aromatic heterocycles. The van der Waals surface area contributed by atoms with Crippen molar-refractivity contribution in [3.63, 3.8) is 0 Å². The van der Waals surface area contributed by atoms with Crippen LogP contribution in [0.15, 0.2) is 36.8 Å². The van der Waals surface area contributed by atoms with Crippen LogP contribution in [0.25, 0.3) is 0 Å². The van der Waals surface area contributed by atoms with Crippen molar-refractivity contribution in [3.8, 4) is 0 Å². The van der Waals surface area contributed by atoms with Gasteiger partial charge in [-0.05, 0) is 12.1 Å². The van der Waals surface area contributed by atoms with Crippen molar-refractivity contribution >= 4 is 5.91 Å².